The van der Waals surface area contributed by atoms with Gasteiger partial charge in [0.15, 0.2) is 0 Å². The zero-order valence-corrected chi connectivity index (χ0v) is 11.0. The van der Waals surface area contributed by atoms with Crippen LogP contribution in [0.25, 0.3) is 0 Å². The number of hydrogen-bond acceptors (Lipinski definition) is 2. The molecule has 2 atom stereocenters. The van der Waals surface area contributed by atoms with E-state index < -0.39 is 0 Å². The average Bonchev–Trinajstić information content (AvgIpc) is 2.42. The Morgan fingerprint density at radius 3 is 2.71 bits per heavy atom. The maximum absolute atomic E-state index is 13.5. The van der Waals surface area contributed by atoms with Crippen molar-refractivity contribution in [1.82, 2.24) is 10.6 Å². The Kier molecular flexibility index (Phi) is 6.16. The Bertz CT molecular complexity index is 333. The van der Waals surface area contributed by atoms with Crippen LogP contribution < -0.4 is 10.6 Å². The van der Waals surface area contributed by atoms with Crippen molar-refractivity contribution in [2.75, 3.05) is 13.6 Å². The van der Waals surface area contributed by atoms with Gasteiger partial charge in [-0.3, -0.25) is 0 Å². The van der Waals surface area contributed by atoms with Gasteiger partial charge in [-0.25, -0.2) is 4.39 Å². The summed E-state index contributed by atoms with van der Waals surface area (Å²) in [7, 11) is 1.97. The minimum Gasteiger partial charge on any atom is -0.317 e. The average molecular weight is 240 g/mol. The Hall–Kier alpha value is -0.930. The zero-order valence-electron chi connectivity index (χ0n) is 11.0. The maximum Gasteiger partial charge on any atom is 0.127 e. The monoisotopic (exact) mass is 240 g/mol. The fourth-order valence-corrected chi connectivity index (χ4v) is 2.17. The lowest BCUT2D eigenvalue weighted by molar-refractivity contribution is 0.330. The Morgan fingerprint density at radius 1 is 1.35 bits per heavy atom. The first-order chi connectivity index (χ1) is 8.31. The fourth-order valence-electron chi connectivity index (χ4n) is 2.17. The molecule has 17 heavy (non-hydrogen) atoms. The number of nitrogens with one attached hydrogen (secondary N) is 2. The number of rotatable bonds is 2. The Balaban J connectivity index is 0.000000917. The minimum absolute atomic E-state index is 0. The first-order valence-electron chi connectivity index (χ1n) is 6.46. The molecule has 1 heterocycles. The van der Waals surface area contributed by atoms with Gasteiger partial charge in [0, 0.05) is 19.1 Å². The van der Waals surface area contributed by atoms with Gasteiger partial charge in [0.2, 0.25) is 0 Å². The predicted molar refractivity (Wildman–Crippen MR) is 72.7 cm³/mol. The third-order valence-corrected chi connectivity index (χ3v) is 3.09. The first-order valence-corrected chi connectivity index (χ1v) is 6.46. The van der Waals surface area contributed by atoms with Gasteiger partial charge in [0.05, 0.1) is 0 Å². The summed E-state index contributed by atoms with van der Waals surface area (Å²) in [4.78, 5) is 0. The number of halogens is 1. The molecule has 1 aliphatic heterocycles. The summed E-state index contributed by atoms with van der Waals surface area (Å²) >= 11 is 0. The molecule has 0 bridgehead atoms. The van der Waals surface area contributed by atoms with Crippen LogP contribution in [-0.4, -0.2) is 19.6 Å². The smallest absolute Gasteiger partial charge is 0.127 e. The molecule has 1 fully saturated rings. The van der Waals surface area contributed by atoms with Gasteiger partial charge in [-0.2, -0.15) is 0 Å². The van der Waals surface area contributed by atoms with Crippen molar-refractivity contribution in [3.63, 3.8) is 0 Å². The zero-order chi connectivity index (χ0) is 12.7. The van der Waals surface area contributed by atoms with E-state index in [1.54, 1.807) is 6.07 Å². The molecule has 0 aromatic heterocycles. The molecule has 2 nitrogen and oxygen atoms in total. The standard InChI is InChI=1S/C12H17FN2.C2H6.H2/c1-14-9-6-7-15-12(8-9)10-4-2-3-5-11(10)13;1-2;/h2-5,9,12,14-15H,6-8H2,1H3;1-2H3;1H/t9-,12+;;/m1../s1. The van der Waals surface area contributed by atoms with Crippen molar-refractivity contribution >= 4 is 0 Å². The Labute approximate surface area is 105 Å². The van der Waals surface area contributed by atoms with Gasteiger partial charge >= 0.3 is 0 Å². The molecule has 1 aliphatic rings. The van der Waals surface area contributed by atoms with Crippen molar-refractivity contribution in [1.29, 1.82) is 0 Å². The Morgan fingerprint density at radius 2 is 2.06 bits per heavy atom. The van der Waals surface area contributed by atoms with E-state index in [0.29, 0.717) is 6.04 Å². The van der Waals surface area contributed by atoms with E-state index in [0.717, 1.165) is 24.9 Å². The van der Waals surface area contributed by atoms with E-state index in [9.17, 15) is 4.39 Å². The van der Waals surface area contributed by atoms with Crippen LogP contribution in [0.3, 0.4) is 0 Å². The highest BCUT2D eigenvalue weighted by molar-refractivity contribution is 5.22. The van der Waals surface area contributed by atoms with Crippen LogP contribution >= 0.6 is 0 Å². The molecule has 0 aliphatic carbocycles. The largest absolute Gasteiger partial charge is 0.317 e. The number of hydrogen-bond donors (Lipinski definition) is 2. The second-order valence-electron chi connectivity index (χ2n) is 4.04. The van der Waals surface area contributed by atoms with Crippen molar-refractivity contribution < 1.29 is 5.82 Å². The van der Waals surface area contributed by atoms with Crippen LogP contribution in [0.2, 0.25) is 0 Å². The molecule has 0 radical (unpaired) electrons. The minimum atomic E-state index is -0.105. The predicted octanol–water partition coefficient (Wildman–Crippen LogP) is 3.11. The van der Waals surface area contributed by atoms with Crippen LogP contribution in [-0.2, 0) is 0 Å². The van der Waals surface area contributed by atoms with Gasteiger partial charge in [0.25, 0.3) is 0 Å². The first kappa shape index (κ1) is 14.1. The van der Waals surface area contributed by atoms with Gasteiger partial charge in [-0.15, -0.1) is 0 Å². The molecule has 3 heteroatoms. The summed E-state index contributed by atoms with van der Waals surface area (Å²) in [6, 6.07) is 7.67. The molecule has 1 aromatic carbocycles. The van der Waals surface area contributed by atoms with Gasteiger partial charge in [-0.05, 0) is 32.5 Å². The highest BCUT2D eigenvalue weighted by atomic mass is 19.1. The van der Waals surface area contributed by atoms with Crippen LogP contribution in [0.4, 0.5) is 4.39 Å². The maximum atomic E-state index is 13.5. The summed E-state index contributed by atoms with van der Waals surface area (Å²) in [5, 5.41) is 6.62. The van der Waals surface area contributed by atoms with Crippen molar-refractivity contribution in [2.45, 2.75) is 38.8 Å². The van der Waals surface area contributed by atoms with Crippen LogP contribution in [0, 0.1) is 5.82 Å². The fraction of sp³-hybridized carbons (Fsp3) is 0.571. The highest BCUT2D eigenvalue weighted by Gasteiger charge is 2.23. The van der Waals surface area contributed by atoms with E-state index in [2.05, 4.69) is 10.6 Å². The SMILES string of the molecule is CC.CN[C@@H]1CCN[C@H](c2ccccc2F)C1.[HH]. The highest BCUT2D eigenvalue weighted by Crippen LogP contribution is 2.24. The second-order valence-corrected chi connectivity index (χ2v) is 4.04. The van der Waals surface area contributed by atoms with E-state index in [-0.39, 0.29) is 13.3 Å². The summed E-state index contributed by atoms with van der Waals surface area (Å²) < 4.78 is 13.5. The third-order valence-electron chi connectivity index (χ3n) is 3.09. The van der Waals surface area contributed by atoms with Crippen molar-refractivity contribution in [3.05, 3.63) is 35.6 Å². The molecule has 0 unspecified atom stereocenters. The van der Waals surface area contributed by atoms with E-state index >= 15 is 0 Å². The molecule has 1 aromatic rings. The molecular weight excluding hydrogens is 215 g/mol. The lowest BCUT2D eigenvalue weighted by Gasteiger charge is -2.30. The van der Waals surface area contributed by atoms with Crippen molar-refractivity contribution in [2.24, 2.45) is 0 Å². The summed E-state index contributed by atoms with van der Waals surface area (Å²) in [6.07, 6.45) is 2.07. The number of piperidine rings is 1. The molecule has 98 valence electrons. The van der Waals surface area contributed by atoms with Crippen molar-refractivity contribution in [3.8, 4) is 0 Å². The molecule has 0 spiro atoms. The molecule has 0 amide bonds. The van der Waals surface area contributed by atoms with Gasteiger partial charge in [-0.1, -0.05) is 32.0 Å². The summed E-state index contributed by atoms with van der Waals surface area (Å²) in [5.41, 5.74) is 0.789. The lowest BCUT2D eigenvalue weighted by atomic mass is 9.93. The lowest BCUT2D eigenvalue weighted by Crippen LogP contribution is -2.40. The van der Waals surface area contributed by atoms with Gasteiger partial charge < -0.3 is 10.6 Å². The molecular formula is C14H25FN2. The summed E-state index contributed by atoms with van der Waals surface area (Å²) in [6.45, 7) is 4.95. The van der Waals surface area contributed by atoms with Gasteiger partial charge in [0.1, 0.15) is 5.82 Å². The van der Waals surface area contributed by atoms with Crippen LogP contribution in [0.15, 0.2) is 24.3 Å². The van der Waals surface area contributed by atoms with E-state index in [1.807, 2.05) is 33.0 Å². The van der Waals surface area contributed by atoms with E-state index in [1.165, 1.54) is 6.07 Å². The second kappa shape index (κ2) is 7.41. The van der Waals surface area contributed by atoms with Crippen LogP contribution in [0.5, 0.6) is 0 Å². The van der Waals surface area contributed by atoms with E-state index in [4.69, 9.17) is 0 Å². The number of benzene rings is 1. The third kappa shape index (κ3) is 3.79. The topological polar surface area (TPSA) is 24.1 Å². The normalized spacial score (nSPS) is 23.8. The molecule has 2 rings (SSSR count). The summed E-state index contributed by atoms with van der Waals surface area (Å²) in [5.74, 6) is -0.105. The molecule has 2 N–H and O–H groups in total. The molecule has 1 saturated heterocycles. The van der Waals surface area contributed by atoms with Crippen LogP contribution in [0.1, 0.15) is 39.7 Å². The quantitative estimate of drug-likeness (QED) is 0.830. The molecule has 0 saturated carbocycles.